The van der Waals surface area contributed by atoms with Gasteiger partial charge in [-0.1, -0.05) is 31.2 Å². The van der Waals surface area contributed by atoms with E-state index in [1.165, 1.54) is 51.6 Å². The third-order valence-corrected chi connectivity index (χ3v) is 4.94. The predicted octanol–water partition coefficient (Wildman–Crippen LogP) is 3.53. The molecule has 0 bridgehead atoms. The Hall–Kier alpha value is -0.860. The molecule has 2 atom stereocenters. The lowest BCUT2D eigenvalue weighted by atomic mass is 9.95. The summed E-state index contributed by atoms with van der Waals surface area (Å²) in [4.78, 5) is 2.75. The lowest BCUT2D eigenvalue weighted by Gasteiger charge is -2.35. The van der Waals surface area contributed by atoms with E-state index in [1.807, 2.05) is 0 Å². The molecule has 20 heavy (non-hydrogen) atoms. The van der Waals surface area contributed by atoms with Gasteiger partial charge in [-0.25, -0.2) is 0 Å². The van der Waals surface area contributed by atoms with Crippen LogP contribution in [0.4, 0.5) is 0 Å². The van der Waals surface area contributed by atoms with Crippen LogP contribution in [-0.2, 0) is 6.42 Å². The number of hydrogen-bond acceptors (Lipinski definition) is 2. The van der Waals surface area contributed by atoms with Crippen LogP contribution in [0.25, 0.3) is 0 Å². The molecule has 2 heteroatoms. The molecule has 0 aromatic heterocycles. The molecule has 1 aliphatic heterocycles. The van der Waals surface area contributed by atoms with Gasteiger partial charge >= 0.3 is 0 Å². The van der Waals surface area contributed by atoms with Gasteiger partial charge < -0.3 is 5.32 Å². The number of rotatable bonds is 4. The molecule has 2 aliphatic rings. The van der Waals surface area contributed by atoms with Gasteiger partial charge in [0.2, 0.25) is 0 Å². The topological polar surface area (TPSA) is 15.3 Å². The van der Waals surface area contributed by atoms with E-state index in [0.29, 0.717) is 12.1 Å². The SMILES string of the molecule is CCCNC1c2ccccc2CCCC1N1CCCC1. The van der Waals surface area contributed by atoms with Crippen LogP contribution in [0.2, 0.25) is 0 Å². The number of fused-ring (bicyclic) bond motifs is 1. The van der Waals surface area contributed by atoms with Crippen LogP contribution in [-0.4, -0.2) is 30.6 Å². The Labute approximate surface area is 123 Å². The zero-order valence-corrected chi connectivity index (χ0v) is 12.8. The van der Waals surface area contributed by atoms with E-state index < -0.39 is 0 Å². The highest BCUT2D eigenvalue weighted by atomic mass is 15.2. The third-order valence-electron chi connectivity index (χ3n) is 4.94. The fourth-order valence-electron chi connectivity index (χ4n) is 3.95. The first-order valence-corrected chi connectivity index (χ1v) is 8.45. The third kappa shape index (κ3) is 2.91. The first kappa shape index (κ1) is 14.1. The summed E-state index contributed by atoms with van der Waals surface area (Å²) in [6.45, 7) is 6.00. The molecule has 1 saturated heterocycles. The number of benzene rings is 1. The van der Waals surface area contributed by atoms with Gasteiger partial charge in [-0.05, 0) is 69.3 Å². The highest BCUT2D eigenvalue weighted by Crippen LogP contribution is 2.33. The minimum Gasteiger partial charge on any atom is -0.309 e. The molecule has 0 saturated carbocycles. The largest absolute Gasteiger partial charge is 0.309 e. The summed E-state index contributed by atoms with van der Waals surface area (Å²) < 4.78 is 0. The molecule has 110 valence electrons. The van der Waals surface area contributed by atoms with Crippen LogP contribution in [0.3, 0.4) is 0 Å². The lowest BCUT2D eigenvalue weighted by molar-refractivity contribution is 0.181. The number of hydrogen-bond donors (Lipinski definition) is 1. The van der Waals surface area contributed by atoms with E-state index in [1.54, 1.807) is 11.1 Å². The van der Waals surface area contributed by atoms with E-state index in [9.17, 15) is 0 Å². The van der Waals surface area contributed by atoms with Crippen molar-refractivity contribution in [2.24, 2.45) is 0 Å². The Morgan fingerprint density at radius 1 is 1.15 bits per heavy atom. The zero-order valence-electron chi connectivity index (χ0n) is 12.8. The minimum atomic E-state index is 0.534. The molecule has 3 rings (SSSR count). The van der Waals surface area contributed by atoms with Crippen molar-refractivity contribution < 1.29 is 0 Å². The number of nitrogens with zero attached hydrogens (tertiary/aromatic N) is 1. The molecule has 0 spiro atoms. The van der Waals surface area contributed by atoms with Gasteiger partial charge in [-0.3, -0.25) is 4.90 Å². The maximum atomic E-state index is 3.85. The molecule has 1 aliphatic carbocycles. The van der Waals surface area contributed by atoms with Crippen LogP contribution in [0.1, 0.15) is 56.2 Å². The van der Waals surface area contributed by atoms with Crippen molar-refractivity contribution in [2.45, 2.75) is 57.5 Å². The molecule has 1 N–H and O–H groups in total. The summed E-state index contributed by atoms with van der Waals surface area (Å²) in [6.07, 6.45) is 7.92. The van der Waals surface area contributed by atoms with E-state index in [0.717, 1.165) is 6.54 Å². The van der Waals surface area contributed by atoms with Gasteiger partial charge in [0.05, 0.1) is 0 Å². The molecule has 1 fully saturated rings. The van der Waals surface area contributed by atoms with Gasteiger partial charge in [-0.15, -0.1) is 0 Å². The quantitative estimate of drug-likeness (QED) is 0.844. The standard InChI is InChI=1S/C18H28N2/c1-2-12-19-18-16-10-4-3-8-15(16)9-7-11-17(18)20-13-5-6-14-20/h3-4,8,10,17-19H,2,5-7,9,11-14H2,1H3. The van der Waals surface area contributed by atoms with Crippen molar-refractivity contribution in [2.75, 3.05) is 19.6 Å². The average Bonchev–Trinajstić information content (AvgIpc) is 2.94. The second-order valence-corrected chi connectivity index (χ2v) is 6.33. The molecule has 1 aromatic rings. The van der Waals surface area contributed by atoms with Crippen LogP contribution >= 0.6 is 0 Å². The highest BCUT2D eigenvalue weighted by molar-refractivity contribution is 5.32. The smallest absolute Gasteiger partial charge is 0.0480 e. The molecular weight excluding hydrogens is 244 g/mol. The Bertz CT molecular complexity index is 423. The van der Waals surface area contributed by atoms with Crippen LogP contribution in [0.15, 0.2) is 24.3 Å². The van der Waals surface area contributed by atoms with Crippen LogP contribution in [0, 0.1) is 0 Å². The fraction of sp³-hybridized carbons (Fsp3) is 0.667. The van der Waals surface area contributed by atoms with E-state index in [2.05, 4.69) is 41.4 Å². The van der Waals surface area contributed by atoms with Gasteiger partial charge in [0.1, 0.15) is 0 Å². The van der Waals surface area contributed by atoms with Crippen molar-refractivity contribution in [1.29, 1.82) is 0 Å². The monoisotopic (exact) mass is 272 g/mol. The van der Waals surface area contributed by atoms with Crippen LogP contribution in [0.5, 0.6) is 0 Å². The van der Waals surface area contributed by atoms with Gasteiger partial charge in [0.25, 0.3) is 0 Å². The molecule has 2 nitrogen and oxygen atoms in total. The number of aryl methyl sites for hydroxylation is 1. The van der Waals surface area contributed by atoms with Crippen molar-refractivity contribution >= 4 is 0 Å². The van der Waals surface area contributed by atoms with E-state index in [4.69, 9.17) is 0 Å². The minimum absolute atomic E-state index is 0.534. The summed E-state index contributed by atoms with van der Waals surface area (Å²) in [5.41, 5.74) is 3.14. The van der Waals surface area contributed by atoms with Crippen LogP contribution < -0.4 is 5.32 Å². The fourth-order valence-corrected chi connectivity index (χ4v) is 3.95. The predicted molar refractivity (Wildman–Crippen MR) is 85.0 cm³/mol. The van der Waals surface area contributed by atoms with E-state index >= 15 is 0 Å². The second kappa shape index (κ2) is 6.73. The molecule has 0 radical (unpaired) electrons. The zero-order chi connectivity index (χ0) is 13.8. The highest BCUT2D eigenvalue weighted by Gasteiger charge is 2.32. The van der Waals surface area contributed by atoms with Crippen molar-refractivity contribution in [1.82, 2.24) is 10.2 Å². The maximum Gasteiger partial charge on any atom is 0.0480 e. The maximum absolute atomic E-state index is 3.85. The van der Waals surface area contributed by atoms with Gasteiger partial charge in [0.15, 0.2) is 0 Å². The Morgan fingerprint density at radius 2 is 1.95 bits per heavy atom. The van der Waals surface area contributed by atoms with E-state index in [-0.39, 0.29) is 0 Å². The van der Waals surface area contributed by atoms with Gasteiger partial charge in [-0.2, -0.15) is 0 Å². The number of nitrogens with one attached hydrogen (secondary N) is 1. The van der Waals surface area contributed by atoms with Gasteiger partial charge in [0, 0.05) is 12.1 Å². The first-order chi connectivity index (χ1) is 9.90. The summed E-state index contributed by atoms with van der Waals surface area (Å²) in [5, 5.41) is 3.85. The number of likely N-dealkylation sites (tertiary alicyclic amines) is 1. The average molecular weight is 272 g/mol. The molecule has 0 amide bonds. The molecule has 2 unspecified atom stereocenters. The summed E-state index contributed by atoms with van der Waals surface area (Å²) in [6, 6.07) is 10.3. The second-order valence-electron chi connectivity index (χ2n) is 6.33. The molecule has 1 aromatic carbocycles. The normalized spacial score (nSPS) is 27.2. The molecular formula is C18H28N2. The van der Waals surface area contributed by atoms with Crippen molar-refractivity contribution in [3.63, 3.8) is 0 Å². The summed E-state index contributed by atoms with van der Waals surface area (Å²) in [7, 11) is 0. The molecule has 1 heterocycles. The Morgan fingerprint density at radius 3 is 2.75 bits per heavy atom. The van der Waals surface area contributed by atoms with Crippen molar-refractivity contribution in [3.05, 3.63) is 35.4 Å². The Kier molecular flexibility index (Phi) is 4.74. The lowest BCUT2D eigenvalue weighted by Crippen LogP contribution is -2.43. The Balaban J connectivity index is 1.88. The summed E-state index contributed by atoms with van der Waals surface area (Å²) >= 11 is 0. The summed E-state index contributed by atoms with van der Waals surface area (Å²) in [5.74, 6) is 0. The van der Waals surface area contributed by atoms with Crippen molar-refractivity contribution in [3.8, 4) is 0 Å². The first-order valence-electron chi connectivity index (χ1n) is 8.45.